The molecule has 0 fully saturated rings. The number of para-hydroxylation sites is 2. The van der Waals surface area contributed by atoms with Gasteiger partial charge in [0, 0.05) is 17.5 Å². The van der Waals surface area contributed by atoms with E-state index < -0.39 is 0 Å². The predicted octanol–water partition coefficient (Wildman–Crippen LogP) is 4.38. The Balaban J connectivity index is 1.72. The maximum atomic E-state index is 12.4. The van der Waals surface area contributed by atoms with Crippen LogP contribution in [0.5, 0.6) is 5.75 Å². The minimum absolute atomic E-state index is 0.241. The molecule has 0 saturated carbocycles. The number of amides is 1. The Hall–Kier alpha value is -2.46. The van der Waals surface area contributed by atoms with Crippen LogP contribution in [-0.2, 0) is 6.42 Å². The number of benzene rings is 2. The number of hydrogen-bond donors (Lipinski definition) is 1. The van der Waals surface area contributed by atoms with Crippen LogP contribution in [-0.4, -0.2) is 19.6 Å². The van der Waals surface area contributed by atoms with E-state index in [4.69, 9.17) is 20.8 Å². The Bertz CT molecular complexity index is 885. The summed E-state index contributed by atoms with van der Waals surface area (Å²) in [5.41, 5.74) is 2.39. The second-order valence-corrected chi connectivity index (χ2v) is 5.90. The summed E-state index contributed by atoms with van der Waals surface area (Å²) in [4.78, 5) is 12.4. The minimum Gasteiger partial charge on any atom is -0.496 e. The Morgan fingerprint density at radius 2 is 2.00 bits per heavy atom. The van der Waals surface area contributed by atoms with Crippen molar-refractivity contribution in [2.24, 2.45) is 0 Å². The first-order valence-electron chi connectivity index (χ1n) is 7.69. The Morgan fingerprint density at radius 3 is 2.75 bits per heavy atom. The molecule has 1 N–H and O–H groups in total. The molecule has 3 aromatic rings. The van der Waals surface area contributed by atoms with Crippen molar-refractivity contribution in [3.05, 3.63) is 64.4 Å². The molecule has 1 heterocycles. The molecule has 0 aliphatic heterocycles. The summed E-state index contributed by atoms with van der Waals surface area (Å²) in [5.74, 6) is 0.881. The molecule has 0 unspecified atom stereocenters. The lowest BCUT2D eigenvalue weighted by Crippen LogP contribution is -2.25. The zero-order valence-electron chi connectivity index (χ0n) is 13.6. The fourth-order valence-electron chi connectivity index (χ4n) is 2.73. The van der Waals surface area contributed by atoms with E-state index in [0.29, 0.717) is 29.3 Å². The summed E-state index contributed by atoms with van der Waals surface area (Å²) in [7, 11) is 1.64. The van der Waals surface area contributed by atoms with Gasteiger partial charge < -0.3 is 14.5 Å². The zero-order valence-corrected chi connectivity index (χ0v) is 14.3. The molecule has 0 bridgehead atoms. The van der Waals surface area contributed by atoms with Crippen molar-refractivity contribution < 1.29 is 13.9 Å². The maximum absolute atomic E-state index is 12.4. The van der Waals surface area contributed by atoms with Crippen molar-refractivity contribution in [3.63, 3.8) is 0 Å². The van der Waals surface area contributed by atoms with Gasteiger partial charge in [-0.05, 0) is 31.0 Å². The number of fused-ring (bicyclic) bond motifs is 1. The highest BCUT2D eigenvalue weighted by Crippen LogP contribution is 2.30. The van der Waals surface area contributed by atoms with E-state index in [9.17, 15) is 4.79 Å². The van der Waals surface area contributed by atoms with Crippen LogP contribution in [0.3, 0.4) is 0 Å². The summed E-state index contributed by atoms with van der Waals surface area (Å²) in [6.07, 6.45) is 0.676. The summed E-state index contributed by atoms with van der Waals surface area (Å²) in [5, 5.41) is 4.25. The molecule has 4 nitrogen and oxygen atoms in total. The zero-order chi connectivity index (χ0) is 17.1. The summed E-state index contributed by atoms with van der Waals surface area (Å²) in [6, 6.07) is 13.2. The number of nitrogens with one attached hydrogen (secondary N) is 1. The molecule has 0 spiro atoms. The monoisotopic (exact) mass is 343 g/mol. The van der Waals surface area contributed by atoms with Crippen LogP contribution in [0.1, 0.15) is 21.7 Å². The molecule has 1 aromatic heterocycles. The lowest BCUT2D eigenvalue weighted by Gasteiger charge is -2.08. The van der Waals surface area contributed by atoms with Gasteiger partial charge in [0.15, 0.2) is 11.3 Å². The SMILES string of the molecule is COc1ccccc1CCNC(=O)c1oc2c(Cl)cccc2c1C. The first-order chi connectivity index (χ1) is 11.6. The molecule has 124 valence electrons. The van der Waals surface area contributed by atoms with Crippen LogP contribution < -0.4 is 10.1 Å². The smallest absolute Gasteiger partial charge is 0.287 e. The van der Waals surface area contributed by atoms with E-state index in [2.05, 4.69) is 5.32 Å². The molecule has 2 aromatic carbocycles. The molecule has 24 heavy (non-hydrogen) atoms. The number of halogens is 1. The molecule has 3 rings (SSSR count). The van der Waals surface area contributed by atoms with Gasteiger partial charge in [0.25, 0.3) is 5.91 Å². The molecule has 0 saturated heterocycles. The lowest BCUT2D eigenvalue weighted by atomic mass is 10.1. The minimum atomic E-state index is -0.241. The standard InChI is InChI=1S/C19H18ClNO3/c1-12-14-7-5-8-15(20)18(14)24-17(12)19(22)21-11-10-13-6-3-4-9-16(13)23-2/h3-9H,10-11H2,1-2H3,(H,21,22). The molecule has 0 aliphatic carbocycles. The summed E-state index contributed by atoms with van der Waals surface area (Å²) >= 11 is 6.13. The number of hydrogen-bond acceptors (Lipinski definition) is 3. The maximum Gasteiger partial charge on any atom is 0.287 e. The molecule has 0 atom stereocenters. The molecule has 1 amide bonds. The molecule has 0 radical (unpaired) electrons. The van der Waals surface area contributed by atoms with Gasteiger partial charge in [0.05, 0.1) is 12.1 Å². The third-order valence-electron chi connectivity index (χ3n) is 3.99. The van der Waals surface area contributed by atoms with Crippen LogP contribution >= 0.6 is 11.6 Å². The number of rotatable bonds is 5. The average Bonchev–Trinajstić information content (AvgIpc) is 2.94. The van der Waals surface area contributed by atoms with Gasteiger partial charge in [-0.25, -0.2) is 0 Å². The second kappa shape index (κ2) is 6.97. The van der Waals surface area contributed by atoms with Gasteiger partial charge in [0.1, 0.15) is 5.75 Å². The van der Waals surface area contributed by atoms with Gasteiger partial charge in [-0.3, -0.25) is 4.79 Å². The highest BCUT2D eigenvalue weighted by Gasteiger charge is 2.18. The molecule has 0 aliphatic rings. The van der Waals surface area contributed by atoms with E-state index in [1.165, 1.54) is 0 Å². The van der Waals surface area contributed by atoms with Gasteiger partial charge in [-0.1, -0.05) is 41.9 Å². The van der Waals surface area contributed by atoms with Gasteiger partial charge in [0.2, 0.25) is 0 Å². The first kappa shape index (κ1) is 16.4. The van der Waals surface area contributed by atoms with Crippen molar-refractivity contribution in [1.29, 1.82) is 0 Å². The largest absolute Gasteiger partial charge is 0.496 e. The topological polar surface area (TPSA) is 51.5 Å². The number of carbonyl (C=O) groups excluding carboxylic acids is 1. The number of methoxy groups -OCH3 is 1. The van der Waals surface area contributed by atoms with Crippen molar-refractivity contribution in [2.45, 2.75) is 13.3 Å². The van der Waals surface area contributed by atoms with Crippen molar-refractivity contribution in [1.82, 2.24) is 5.32 Å². The van der Waals surface area contributed by atoms with Gasteiger partial charge >= 0.3 is 0 Å². The van der Waals surface area contributed by atoms with Gasteiger partial charge in [-0.15, -0.1) is 0 Å². The molecular weight excluding hydrogens is 326 g/mol. The third-order valence-corrected chi connectivity index (χ3v) is 4.29. The average molecular weight is 344 g/mol. The highest BCUT2D eigenvalue weighted by atomic mass is 35.5. The molecule has 5 heteroatoms. The predicted molar refractivity (Wildman–Crippen MR) is 95.0 cm³/mol. The van der Waals surface area contributed by atoms with Crippen LogP contribution in [0.15, 0.2) is 46.9 Å². The summed E-state index contributed by atoms with van der Waals surface area (Å²) in [6.45, 7) is 2.35. The van der Waals surface area contributed by atoms with E-state index >= 15 is 0 Å². The Kier molecular flexibility index (Phi) is 4.76. The van der Waals surface area contributed by atoms with Crippen LogP contribution in [0.25, 0.3) is 11.0 Å². The fraction of sp³-hybridized carbons (Fsp3) is 0.211. The summed E-state index contributed by atoms with van der Waals surface area (Å²) < 4.78 is 11.0. The van der Waals surface area contributed by atoms with Crippen LogP contribution in [0.2, 0.25) is 5.02 Å². The highest BCUT2D eigenvalue weighted by molar-refractivity contribution is 6.35. The van der Waals surface area contributed by atoms with E-state index in [0.717, 1.165) is 22.3 Å². The van der Waals surface area contributed by atoms with Crippen LogP contribution in [0, 0.1) is 6.92 Å². The molecular formula is C19H18ClNO3. The van der Waals surface area contributed by atoms with Crippen LogP contribution in [0.4, 0.5) is 0 Å². The Labute approximate surface area is 145 Å². The number of furan rings is 1. The number of aryl methyl sites for hydroxylation is 1. The van der Waals surface area contributed by atoms with E-state index in [1.807, 2.05) is 43.3 Å². The number of ether oxygens (including phenoxy) is 1. The second-order valence-electron chi connectivity index (χ2n) is 5.49. The van der Waals surface area contributed by atoms with E-state index in [1.54, 1.807) is 13.2 Å². The van der Waals surface area contributed by atoms with Crippen molar-refractivity contribution >= 4 is 28.5 Å². The van der Waals surface area contributed by atoms with E-state index in [-0.39, 0.29) is 5.91 Å². The lowest BCUT2D eigenvalue weighted by molar-refractivity contribution is 0.0927. The number of carbonyl (C=O) groups is 1. The third kappa shape index (κ3) is 3.10. The normalized spacial score (nSPS) is 10.8. The van der Waals surface area contributed by atoms with Gasteiger partial charge in [-0.2, -0.15) is 0 Å². The van der Waals surface area contributed by atoms with Crippen molar-refractivity contribution in [3.8, 4) is 5.75 Å². The Morgan fingerprint density at radius 1 is 1.21 bits per heavy atom. The first-order valence-corrected chi connectivity index (χ1v) is 8.07. The fourth-order valence-corrected chi connectivity index (χ4v) is 2.94. The quantitative estimate of drug-likeness (QED) is 0.748. The van der Waals surface area contributed by atoms with Crippen molar-refractivity contribution in [2.75, 3.05) is 13.7 Å².